The average Bonchev–Trinajstić information content (AvgIpc) is 2.95. The molecule has 0 radical (unpaired) electrons. The lowest BCUT2D eigenvalue weighted by atomic mass is 9.99. The number of aromatic hydroxyl groups is 1. The van der Waals surface area contributed by atoms with Gasteiger partial charge in [0.15, 0.2) is 0 Å². The van der Waals surface area contributed by atoms with Crippen molar-refractivity contribution in [2.24, 2.45) is 7.05 Å². The fourth-order valence-corrected chi connectivity index (χ4v) is 3.32. The summed E-state index contributed by atoms with van der Waals surface area (Å²) in [5.74, 6) is 1.55. The molecule has 4 rings (SSSR count). The van der Waals surface area contributed by atoms with Crippen LogP contribution in [0.25, 0.3) is 32.9 Å². The van der Waals surface area contributed by atoms with E-state index < -0.39 is 0 Å². The number of aromatic nitrogens is 2. The van der Waals surface area contributed by atoms with Crippen LogP contribution in [0.5, 0.6) is 17.4 Å². The zero-order chi connectivity index (χ0) is 18.4. The number of anilines is 1. The Labute approximate surface area is 150 Å². The molecule has 3 N–H and O–H groups in total. The number of hydrogen-bond acceptors (Lipinski definition) is 5. The molecule has 26 heavy (non-hydrogen) atoms. The first kappa shape index (κ1) is 16.1. The molecule has 4 aromatic rings. The van der Waals surface area contributed by atoms with Gasteiger partial charge in [-0.2, -0.15) is 0 Å². The van der Waals surface area contributed by atoms with Gasteiger partial charge in [-0.15, -0.1) is 0 Å². The van der Waals surface area contributed by atoms with E-state index in [1.807, 2.05) is 36.4 Å². The van der Waals surface area contributed by atoms with Gasteiger partial charge in [-0.1, -0.05) is 18.2 Å². The quantitative estimate of drug-likeness (QED) is 0.589. The van der Waals surface area contributed by atoms with E-state index >= 15 is 0 Å². The largest absolute Gasteiger partial charge is 0.497 e. The number of nitrogens with two attached hydrogens (primary N) is 1. The zero-order valence-corrected chi connectivity index (χ0v) is 14.8. The molecule has 0 aliphatic carbocycles. The van der Waals surface area contributed by atoms with E-state index in [0.29, 0.717) is 16.6 Å². The highest BCUT2D eigenvalue weighted by molar-refractivity contribution is 6.12. The minimum Gasteiger partial charge on any atom is -0.497 e. The van der Waals surface area contributed by atoms with Crippen molar-refractivity contribution in [3.8, 4) is 28.5 Å². The number of pyridine rings is 1. The Morgan fingerprint density at radius 2 is 1.88 bits per heavy atom. The molecule has 2 aromatic heterocycles. The average molecular weight is 349 g/mol. The molecule has 0 amide bonds. The van der Waals surface area contributed by atoms with Crippen LogP contribution >= 0.6 is 0 Å². The molecule has 0 atom stereocenters. The lowest BCUT2D eigenvalue weighted by molar-refractivity contribution is 0.404. The number of benzene rings is 2. The summed E-state index contributed by atoms with van der Waals surface area (Å²) in [5.41, 5.74) is 10.0. The van der Waals surface area contributed by atoms with Crippen LogP contribution in [0.2, 0.25) is 0 Å². The number of fused-ring (bicyclic) bond motifs is 2. The molecule has 0 saturated carbocycles. The molecule has 0 spiro atoms. The normalized spacial score (nSPS) is 11.2. The van der Waals surface area contributed by atoms with Gasteiger partial charge in [-0.25, -0.2) is 4.98 Å². The molecule has 0 bridgehead atoms. The molecule has 6 nitrogen and oxygen atoms in total. The van der Waals surface area contributed by atoms with Crippen LogP contribution in [0.4, 0.5) is 5.69 Å². The number of nitrogen functional groups attached to an aromatic ring is 1. The lowest BCUT2D eigenvalue weighted by Crippen LogP contribution is -1.95. The van der Waals surface area contributed by atoms with Crippen molar-refractivity contribution < 1.29 is 14.6 Å². The maximum absolute atomic E-state index is 10.3. The van der Waals surface area contributed by atoms with Gasteiger partial charge in [0, 0.05) is 29.8 Å². The second kappa shape index (κ2) is 5.84. The highest BCUT2D eigenvalue weighted by Gasteiger charge is 2.18. The van der Waals surface area contributed by atoms with Gasteiger partial charge in [0.25, 0.3) is 0 Å². The highest BCUT2D eigenvalue weighted by atomic mass is 16.5. The lowest BCUT2D eigenvalue weighted by Gasteiger charge is -2.13. The minimum absolute atomic E-state index is 0.108. The van der Waals surface area contributed by atoms with Crippen molar-refractivity contribution in [3.63, 3.8) is 0 Å². The molecule has 0 aliphatic rings. The number of methoxy groups -OCH3 is 2. The molecule has 0 fully saturated rings. The van der Waals surface area contributed by atoms with Gasteiger partial charge in [0.05, 0.1) is 36.3 Å². The highest BCUT2D eigenvalue weighted by Crippen LogP contribution is 2.41. The van der Waals surface area contributed by atoms with Crippen molar-refractivity contribution in [2.45, 2.75) is 0 Å². The summed E-state index contributed by atoms with van der Waals surface area (Å²) in [4.78, 5) is 4.77. The van der Waals surface area contributed by atoms with Crippen LogP contribution in [-0.2, 0) is 7.05 Å². The van der Waals surface area contributed by atoms with Crippen LogP contribution in [0.1, 0.15) is 0 Å². The van der Waals surface area contributed by atoms with Crippen LogP contribution in [-0.4, -0.2) is 28.9 Å². The Bertz CT molecular complexity index is 1150. The van der Waals surface area contributed by atoms with Crippen molar-refractivity contribution in [2.75, 3.05) is 20.0 Å². The third-order valence-corrected chi connectivity index (χ3v) is 4.65. The molecule has 6 heteroatoms. The number of aryl methyl sites for hydroxylation is 1. The van der Waals surface area contributed by atoms with E-state index in [4.69, 9.17) is 20.2 Å². The molecular formula is C20H19N3O3. The van der Waals surface area contributed by atoms with Gasteiger partial charge in [0.2, 0.25) is 5.88 Å². The minimum atomic E-state index is 0.108. The fraction of sp³-hybridized carbons (Fsp3) is 0.150. The molecular weight excluding hydrogens is 330 g/mol. The van der Waals surface area contributed by atoms with Crippen LogP contribution in [0.15, 0.2) is 42.6 Å². The third-order valence-electron chi connectivity index (χ3n) is 4.65. The van der Waals surface area contributed by atoms with Crippen LogP contribution in [0.3, 0.4) is 0 Å². The third kappa shape index (κ3) is 2.23. The summed E-state index contributed by atoms with van der Waals surface area (Å²) in [6.07, 6.45) is 1.76. The van der Waals surface area contributed by atoms with E-state index in [9.17, 15) is 5.11 Å². The summed E-state index contributed by atoms with van der Waals surface area (Å²) in [5, 5.41) is 11.6. The number of rotatable bonds is 3. The van der Waals surface area contributed by atoms with Crippen LogP contribution < -0.4 is 15.2 Å². The smallest absolute Gasteiger partial charge is 0.202 e. The standard InChI is InChI=1S/C20H19N3O3/c1-23-10-15-17(20(23)24)18(21)13-6-4-5-12(19(13)22-15)14-9-11(25-2)7-8-16(14)26-3/h4-10,24H,21H2,1-3H3. The Hall–Kier alpha value is -3.41. The number of ether oxygens (including phenoxy) is 2. The van der Waals surface area contributed by atoms with Crippen LogP contribution in [0, 0.1) is 0 Å². The van der Waals surface area contributed by atoms with Gasteiger partial charge in [-0.3, -0.25) is 0 Å². The van der Waals surface area contributed by atoms with Gasteiger partial charge >= 0.3 is 0 Å². The van der Waals surface area contributed by atoms with E-state index in [-0.39, 0.29) is 5.88 Å². The number of nitrogens with zero attached hydrogens (tertiary/aromatic N) is 2. The Kier molecular flexibility index (Phi) is 3.61. The van der Waals surface area contributed by atoms with Gasteiger partial charge in [0.1, 0.15) is 11.5 Å². The van der Waals surface area contributed by atoms with Crippen molar-refractivity contribution in [1.29, 1.82) is 0 Å². The summed E-state index contributed by atoms with van der Waals surface area (Å²) in [6, 6.07) is 11.4. The second-order valence-electron chi connectivity index (χ2n) is 6.12. The molecule has 132 valence electrons. The predicted octanol–water partition coefficient (Wildman–Crippen LogP) is 3.70. The zero-order valence-electron chi connectivity index (χ0n) is 14.8. The Morgan fingerprint density at radius 3 is 2.62 bits per heavy atom. The summed E-state index contributed by atoms with van der Waals surface area (Å²) >= 11 is 0. The van der Waals surface area contributed by atoms with E-state index in [0.717, 1.165) is 33.5 Å². The van der Waals surface area contributed by atoms with Crippen molar-refractivity contribution in [3.05, 3.63) is 42.6 Å². The first-order chi connectivity index (χ1) is 12.5. The maximum Gasteiger partial charge on any atom is 0.202 e. The van der Waals surface area contributed by atoms with Crippen molar-refractivity contribution >= 4 is 27.5 Å². The summed E-state index contributed by atoms with van der Waals surface area (Å²) in [6.45, 7) is 0. The SMILES string of the molecule is COc1ccc(OC)c(-c2cccc3c(N)c4c(O)n(C)cc4nc23)c1. The Balaban J connectivity index is 2.11. The van der Waals surface area contributed by atoms with Gasteiger partial charge in [-0.05, 0) is 18.2 Å². The molecule has 0 aliphatic heterocycles. The summed E-state index contributed by atoms with van der Waals surface area (Å²) in [7, 11) is 5.01. The topological polar surface area (TPSA) is 82.5 Å². The fourth-order valence-electron chi connectivity index (χ4n) is 3.32. The Morgan fingerprint density at radius 1 is 1.08 bits per heavy atom. The van der Waals surface area contributed by atoms with E-state index in [1.54, 1.807) is 32.0 Å². The molecule has 0 unspecified atom stereocenters. The number of para-hydroxylation sites is 1. The summed E-state index contributed by atoms with van der Waals surface area (Å²) < 4.78 is 12.5. The molecule has 2 heterocycles. The van der Waals surface area contributed by atoms with Crippen molar-refractivity contribution in [1.82, 2.24) is 9.55 Å². The maximum atomic E-state index is 10.3. The predicted molar refractivity (Wildman–Crippen MR) is 103 cm³/mol. The molecule has 0 saturated heterocycles. The van der Waals surface area contributed by atoms with E-state index in [1.165, 1.54) is 0 Å². The molecule has 2 aromatic carbocycles. The second-order valence-corrected chi connectivity index (χ2v) is 6.12. The monoisotopic (exact) mass is 349 g/mol. The first-order valence-corrected chi connectivity index (χ1v) is 8.13. The van der Waals surface area contributed by atoms with E-state index in [2.05, 4.69) is 0 Å². The van der Waals surface area contributed by atoms with Gasteiger partial charge < -0.3 is 24.9 Å². The number of hydrogen-bond donors (Lipinski definition) is 2. The first-order valence-electron chi connectivity index (χ1n) is 8.13.